The van der Waals surface area contributed by atoms with Crippen LogP contribution < -0.4 is 9.05 Å². The van der Waals surface area contributed by atoms with E-state index < -0.39 is 6.80 Å². The molecule has 0 spiro atoms. The first kappa shape index (κ1) is 20.2. The molecule has 0 saturated carbocycles. The summed E-state index contributed by atoms with van der Waals surface area (Å²) in [7, 11) is 0. The maximum atomic E-state index is 13.7. The van der Waals surface area contributed by atoms with Gasteiger partial charge in [0.15, 0.2) is 0 Å². The molecule has 0 N–H and O–H groups in total. The van der Waals surface area contributed by atoms with E-state index >= 15 is 0 Å². The lowest BCUT2D eigenvalue weighted by Crippen LogP contribution is -2.05. The Hall–Kier alpha value is -2.49. The molecule has 0 fully saturated rings. The van der Waals surface area contributed by atoms with Crippen molar-refractivity contribution in [2.45, 2.75) is 18.6 Å². The highest BCUT2D eigenvalue weighted by molar-refractivity contribution is 8.55. The van der Waals surface area contributed by atoms with Crippen LogP contribution in [-0.2, 0) is 9.36 Å². The van der Waals surface area contributed by atoms with Gasteiger partial charge in [0.1, 0.15) is 17.3 Å². The summed E-state index contributed by atoms with van der Waals surface area (Å²) in [5, 5.41) is -0.350. The van der Waals surface area contributed by atoms with Gasteiger partial charge in [0.25, 0.3) is 0 Å². The molecule has 0 heterocycles. The van der Waals surface area contributed by atoms with Crippen LogP contribution in [0.4, 0.5) is 0 Å². The molecular weight excluding hydrogens is 391 g/mol. The molecule has 3 aromatic rings. The van der Waals surface area contributed by atoms with Crippen molar-refractivity contribution in [3.8, 4) is 11.5 Å². The van der Waals surface area contributed by atoms with Crippen molar-refractivity contribution >= 4 is 24.0 Å². The van der Waals surface area contributed by atoms with E-state index in [1.807, 2.05) is 42.5 Å². The quantitative estimate of drug-likeness (QED) is 0.366. The van der Waals surface area contributed by atoms with Crippen LogP contribution in [0.2, 0.25) is 0 Å². The van der Waals surface area contributed by atoms with Gasteiger partial charge in [0.05, 0.1) is 5.25 Å². The zero-order valence-corrected chi connectivity index (χ0v) is 17.1. The lowest BCUT2D eigenvalue weighted by molar-refractivity contribution is -0.117. The van der Waals surface area contributed by atoms with Gasteiger partial charge >= 0.3 is 6.80 Å². The number of rotatable bonds is 9. The molecule has 0 aliphatic heterocycles. The van der Waals surface area contributed by atoms with Crippen LogP contribution in [0.3, 0.4) is 0 Å². The Morgan fingerprint density at radius 1 is 0.821 bits per heavy atom. The second kappa shape index (κ2) is 9.63. The molecule has 0 aliphatic carbocycles. The Morgan fingerprint density at radius 3 is 1.68 bits per heavy atom. The lowest BCUT2D eigenvalue weighted by Gasteiger charge is -2.23. The predicted octanol–water partition coefficient (Wildman–Crippen LogP) is 6.71. The van der Waals surface area contributed by atoms with Gasteiger partial charge in [-0.3, -0.25) is 4.79 Å². The van der Waals surface area contributed by atoms with Crippen molar-refractivity contribution < 1.29 is 18.4 Å². The molecule has 3 aromatic carbocycles. The third-order valence-corrected chi connectivity index (χ3v) is 7.63. The second-order valence-corrected chi connectivity index (χ2v) is 10.2. The van der Waals surface area contributed by atoms with E-state index in [0.717, 1.165) is 16.9 Å². The topological polar surface area (TPSA) is 52.6 Å². The molecule has 1 unspecified atom stereocenters. The Kier molecular flexibility index (Phi) is 6.96. The number of benzene rings is 3. The average Bonchev–Trinajstić information content (AvgIpc) is 2.69. The molecule has 4 nitrogen and oxygen atoms in total. The van der Waals surface area contributed by atoms with Crippen LogP contribution in [0.1, 0.15) is 24.2 Å². The Morgan fingerprint density at radius 2 is 1.25 bits per heavy atom. The van der Waals surface area contributed by atoms with Crippen LogP contribution in [0.15, 0.2) is 91.0 Å². The van der Waals surface area contributed by atoms with Gasteiger partial charge in [-0.2, -0.15) is 0 Å². The van der Waals surface area contributed by atoms with Gasteiger partial charge in [0, 0.05) is 6.42 Å². The number of carbonyl (C=O) groups is 1. The summed E-state index contributed by atoms with van der Waals surface area (Å²) in [4.78, 5) is 11.8. The normalized spacial score (nSPS) is 12.2. The molecule has 0 amide bonds. The van der Waals surface area contributed by atoms with Gasteiger partial charge in [-0.15, -0.1) is 0 Å². The number of hydrogen-bond acceptors (Lipinski definition) is 5. The van der Waals surface area contributed by atoms with Crippen LogP contribution in [0, 0.1) is 0 Å². The van der Waals surface area contributed by atoms with Crippen molar-refractivity contribution in [1.82, 2.24) is 0 Å². The third-order valence-electron chi connectivity index (χ3n) is 3.82. The van der Waals surface area contributed by atoms with E-state index in [9.17, 15) is 9.36 Å². The molecule has 28 heavy (non-hydrogen) atoms. The molecule has 144 valence electrons. The largest absolute Gasteiger partial charge is 0.493 e. The summed E-state index contributed by atoms with van der Waals surface area (Å²) in [6.07, 6.45) is 0.231. The number of carbonyl (C=O) groups excluding carboxylic acids is 1. The molecule has 0 aliphatic rings. The third kappa shape index (κ3) is 6.01. The van der Waals surface area contributed by atoms with Gasteiger partial charge in [0.2, 0.25) is 0 Å². The first-order valence-corrected chi connectivity index (χ1v) is 11.9. The fourth-order valence-corrected chi connectivity index (χ4v) is 6.66. The summed E-state index contributed by atoms with van der Waals surface area (Å²) in [6, 6.07) is 27.3. The maximum absolute atomic E-state index is 13.7. The molecule has 6 heteroatoms. The summed E-state index contributed by atoms with van der Waals surface area (Å²) in [5.74, 6) is 0.903. The van der Waals surface area contributed by atoms with Crippen LogP contribution in [0.25, 0.3) is 0 Å². The van der Waals surface area contributed by atoms with Gasteiger partial charge < -0.3 is 9.05 Å². The van der Waals surface area contributed by atoms with E-state index in [4.69, 9.17) is 9.05 Å². The number of para-hydroxylation sites is 2. The fraction of sp³-hybridized carbons (Fsp3) is 0.136. The minimum atomic E-state index is -3.68. The highest BCUT2D eigenvalue weighted by Gasteiger charge is 2.35. The van der Waals surface area contributed by atoms with Gasteiger partial charge in [-0.05, 0) is 48.1 Å². The summed E-state index contributed by atoms with van der Waals surface area (Å²) in [5.41, 5.74) is 0.899. The SMILES string of the molecule is CC(=O)CC(SP(=O)(Oc1ccccc1)Oc1ccccc1)c1ccccc1. The minimum absolute atomic E-state index is 0.00678. The molecule has 3 rings (SSSR count). The van der Waals surface area contributed by atoms with E-state index in [2.05, 4.69) is 0 Å². The number of ketones is 1. The van der Waals surface area contributed by atoms with Crippen molar-refractivity contribution in [1.29, 1.82) is 0 Å². The molecular formula is C22H21O4PS. The summed E-state index contributed by atoms with van der Waals surface area (Å²) < 4.78 is 25.4. The zero-order chi connectivity index (χ0) is 19.8. The van der Waals surface area contributed by atoms with Crippen molar-refractivity contribution in [3.05, 3.63) is 96.6 Å². The first-order chi connectivity index (χ1) is 13.5. The maximum Gasteiger partial charge on any atom is 0.493 e. The minimum Gasteiger partial charge on any atom is -0.408 e. The van der Waals surface area contributed by atoms with E-state index in [0.29, 0.717) is 11.5 Å². The predicted molar refractivity (Wildman–Crippen MR) is 114 cm³/mol. The van der Waals surface area contributed by atoms with Gasteiger partial charge in [-0.1, -0.05) is 66.7 Å². The van der Waals surface area contributed by atoms with Crippen molar-refractivity contribution in [3.63, 3.8) is 0 Å². The molecule has 1 atom stereocenters. The smallest absolute Gasteiger partial charge is 0.408 e. The zero-order valence-electron chi connectivity index (χ0n) is 15.4. The van der Waals surface area contributed by atoms with Crippen molar-refractivity contribution in [2.75, 3.05) is 0 Å². The highest BCUT2D eigenvalue weighted by Crippen LogP contribution is 2.65. The standard InChI is InChI=1S/C22H21O4PS/c1-18(23)17-22(19-11-5-2-6-12-19)28-27(24,25-20-13-7-3-8-14-20)26-21-15-9-4-10-16-21/h2-16,22H,17H2,1H3. The number of Topliss-reactive ketones (excluding diaryl/α,β-unsaturated/α-hetero) is 1. The fourth-order valence-electron chi connectivity index (χ4n) is 2.58. The monoisotopic (exact) mass is 412 g/mol. The Balaban J connectivity index is 1.92. The Bertz CT molecular complexity index is 887. The molecule has 0 aromatic heterocycles. The highest BCUT2D eigenvalue weighted by atomic mass is 32.7. The summed E-state index contributed by atoms with van der Waals surface area (Å²) >= 11 is 1.05. The molecule has 0 saturated heterocycles. The van der Waals surface area contributed by atoms with Crippen molar-refractivity contribution in [2.24, 2.45) is 0 Å². The first-order valence-electron chi connectivity index (χ1n) is 8.86. The van der Waals surface area contributed by atoms with E-state index in [1.165, 1.54) is 6.92 Å². The molecule has 0 radical (unpaired) electrons. The summed E-state index contributed by atoms with van der Waals surface area (Å²) in [6.45, 7) is -2.15. The second-order valence-electron chi connectivity index (χ2n) is 6.17. The van der Waals surface area contributed by atoms with Crippen LogP contribution in [-0.4, -0.2) is 5.78 Å². The molecule has 0 bridgehead atoms. The van der Waals surface area contributed by atoms with E-state index in [1.54, 1.807) is 48.5 Å². The Labute approximate surface area is 169 Å². The van der Waals surface area contributed by atoms with Gasteiger partial charge in [-0.25, -0.2) is 4.57 Å². The van der Waals surface area contributed by atoms with E-state index in [-0.39, 0.29) is 17.5 Å². The average molecular weight is 412 g/mol. The van der Waals surface area contributed by atoms with Crippen LogP contribution in [0.5, 0.6) is 11.5 Å². The lowest BCUT2D eigenvalue weighted by atomic mass is 10.1. The van der Waals surface area contributed by atoms with Crippen LogP contribution >= 0.6 is 18.2 Å². The number of hydrogen-bond donors (Lipinski definition) is 0.